The van der Waals surface area contributed by atoms with Gasteiger partial charge in [-0.05, 0) is 64.5 Å². The van der Waals surface area contributed by atoms with Gasteiger partial charge in [0, 0.05) is 42.7 Å². The number of hydrogen-bond donors (Lipinski definition) is 2. The predicted octanol–water partition coefficient (Wildman–Crippen LogP) is 5.50. The zero-order valence-corrected chi connectivity index (χ0v) is 26.0. The molecule has 0 unspecified atom stereocenters. The molecule has 6 rings (SSSR count). The van der Waals surface area contributed by atoms with Crippen LogP contribution in [0.1, 0.15) is 12.8 Å². The number of piperidine rings is 1. The van der Waals surface area contributed by atoms with Gasteiger partial charge < -0.3 is 29.7 Å². The lowest BCUT2D eigenvalue weighted by molar-refractivity contribution is 0.0868. The number of rotatable bonds is 6. The fraction of sp³-hybridized carbons (Fsp3) is 0.448. The van der Waals surface area contributed by atoms with Gasteiger partial charge in [-0.3, -0.25) is 4.90 Å². The van der Waals surface area contributed by atoms with Crippen molar-refractivity contribution in [2.24, 2.45) is 0 Å². The van der Waals surface area contributed by atoms with E-state index in [1.165, 1.54) is 19.0 Å². The number of anilines is 5. The minimum absolute atomic E-state index is 0.282. The molecule has 2 fully saturated rings. The maximum absolute atomic E-state index is 12.8. The van der Waals surface area contributed by atoms with Gasteiger partial charge >= 0.3 is 0 Å². The van der Waals surface area contributed by atoms with Gasteiger partial charge in [0.05, 0.1) is 28.6 Å². The maximum Gasteiger partial charge on any atom is 0.229 e. The van der Waals surface area contributed by atoms with E-state index in [2.05, 4.69) is 42.3 Å². The molecule has 41 heavy (non-hydrogen) atoms. The summed E-state index contributed by atoms with van der Waals surface area (Å²) in [5, 5.41) is 8.20. The lowest BCUT2D eigenvalue weighted by Crippen LogP contribution is -2.60. The highest BCUT2D eigenvalue weighted by molar-refractivity contribution is 7.70. The molecule has 2 N–H and O–H groups in total. The molecule has 0 saturated carbocycles. The Balaban J connectivity index is 1.18. The lowest BCUT2D eigenvalue weighted by Gasteiger charge is -2.49. The molecule has 2 saturated heterocycles. The summed E-state index contributed by atoms with van der Waals surface area (Å²) in [5.41, 5.74) is 2.37. The first-order valence-corrected chi connectivity index (χ1v) is 17.4. The summed E-state index contributed by atoms with van der Waals surface area (Å²) in [6, 6.07) is 12.2. The van der Waals surface area contributed by atoms with Crippen molar-refractivity contribution in [3.8, 4) is 5.75 Å². The minimum Gasteiger partial charge on any atom is -0.489 e. The second-order valence-electron chi connectivity index (χ2n) is 11.5. The Bertz CT molecular complexity index is 1480. The third-order valence-corrected chi connectivity index (χ3v) is 10.3. The Morgan fingerprint density at radius 1 is 1.00 bits per heavy atom. The average Bonchev–Trinajstić information content (AvgIpc) is 2.94. The van der Waals surface area contributed by atoms with Crippen LogP contribution in [0.4, 0.5) is 28.8 Å². The second-order valence-corrected chi connectivity index (χ2v) is 15.5. The van der Waals surface area contributed by atoms with Gasteiger partial charge in [-0.15, -0.1) is 0 Å². The number of nitrogens with zero attached hydrogens (tertiary/aromatic N) is 5. The van der Waals surface area contributed by atoms with E-state index in [0.717, 1.165) is 55.2 Å². The van der Waals surface area contributed by atoms with Crippen LogP contribution in [0.2, 0.25) is 10.0 Å². The highest BCUT2D eigenvalue weighted by Crippen LogP contribution is 2.44. The van der Waals surface area contributed by atoms with Crippen LogP contribution in [0.15, 0.2) is 42.6 Å². The molecular formula is C29H36Cl2N7O2P. The number of piperazine rings is 1. The van der Waals surface area contributed by atoms with Crippen LogP contribution in [-0.4, -0.2) is 91.6 Å². The lowest BCUT2D eigenvalue weighted by atomic mass is 10.00. The smallest absolute Gasteiger partial charge is 0.229 e. The summed E-state index contributed by atoms with van der Waals surface area (Å²) < 4.78 is 19.1. The molecule has 0 bridgehead atoms. The summed E-state index contributed by atoms with van der Waals surface area (Å²) in [7, 11) is -0.310. The number of nitrogens with one attached hydrogen (secondary N) is 2. The first-order valence-electron chi connectivity index (χ1n) is 14.0. The van der Waals surface area contributed by atoms with Gasteiger partial charge in [0.15, 0.2) is 5.82 Å². The molecule has 4 heterocycles. The Hall–Kier alpha value is -2.55. The van der Waals surface area contributed by atoms with Gasteiger partial charge in [0.1, 0.15) is 24.5 Å². The standard InChI is InChI=1S/C29H36Cl2N7O2P/c1-36-10-8-20(9-11-36)37-12-13-38-21(17-37)18-40-25-15-19(14-22(30)27(25)38)33-29-32-16-23(31)28(35-29)34-24-6-4-5-7-26(24)41(2,3)39/h4-7,14-16,20-21H,8-13,17-18H2,1-3H3,(H2,32,33,34,35)/t21-/m1/s1. The first kappa shape index (κ1) is 28.6. The molecule has 12 heteroatoms. The van der Waals surface area contributed by atoms with Gasteiger partial charge in [-0.2, -0.15) is 4.98 Å². The number of aromatic nitrogens is 2. The van der Waals surface area contributed by atoms with E-state index in [-0.39, 0.29) is 6.04 Å². The zero-order valence-electron chi connectivity index (χ0n) is 23.6. The largest absolute Gasteiger partial charge is 0.489 e. The van der Waals surface area contributed by atoms with E-state index in [4.69, 9.17) is 27.9 Å². The first-order chi connectivity index (χ1) is 19.7. The molecule has 9 nitrogen and oxygen atoms in total. The Labute approximate surface area is 251 Å². The predicted molar refractivity (Wildman–Crippen MR) is 169 cm³/mol. The van der Waals surface area contributed by atoms with Gasteiger partial charge in [-0.25, -0.2) is 4.98 Å². The maximum atomic E-state index is 12.8. The summed E-state index contributed by atoms with van der Waals surface area (Å²) in [4.78, 5) is 16.4. The average molecular weight is 617 g/mol. The van der Waals surface area contributed by atoms with Crippen LogP contribution < -0.4 is 25.6 Å². The highest BCUT2D eigenvalue weighted by atomic mass is 35.5. The van der Waals surface area contributed by atoms with Crippen molar-refractivity contribution in [1.29, 1.82) is 0 Å². The van der Waals surface area contributed by atoms with Crippen molar-refractivity contribution in [2.45, 2.75) is 24.9 Å². The molecule has 1 aromatic heterocycles. The van der Waals surface area contributed by atoms with Crippen molar-refractivity contribution in [2.75, 3.05) is 75.2 Å². The molecule has 1 atom stereocenters. The molecular weight excluding hydrogens is 580 g/mol. The Morgan fingerprint density at radius 3 is 2.56 bits per heavy atom. The monoisotopic (exact) mass is 615 g/mol. The van der Waals surface area contributed by atoms with Crippen LogP contribution >= 0.6 is 30.3 Å². The molecule has 218 valence electrons. The van der Waals surface area contributed by atoms with Crippen molar-refractivity contribution in [1.82, 2.24) is 19.8 Å². The number of benzene rings is 2. The molecule has 3 aromatic rings. The van der Waals surface area contributed by atoms with E-state index in [1.807, 2.05) is 36.4 Å². The third-order valence-electron chi connectivity index (χ3n) is 8.20. The number of hydrogen-bond acceptors (Lipinski definition) is 9. The van der Waals surface area contributed by atoms with Crippen LogP contribution in [0.3, 0.4) is 0 Å². The molecule has 3 aliphatic rings. The number of likely N-dealkylation sites (tertiary alicyclic amines) is 1. The minimum atomic E-state index is -2.52. The fourth-order valence-corrected chi connectivity index (χ4v) is 7.66. The molecule has 2 aromatic carbocycles. The topological polar surface area (TPSA) is 85.9 Å². The van der Waals surface area contributed by atoms with Crippen LogP contribution in [0.5, 0.6) is 5.75 Å². The van der Waals surface area contributed by atoms with E-state index in [0.29, 0.717) is 40.1 Å². The molecule has 0 aliphatic carbocycles. The molecule has 0 spiro atoms. The number of para-hydroxylation sites is 1. The van der Waals surface area contributed by atoms with Crippen molar-refractivity contribution < 1.29 is 9.30 Å². The molecule has 0 radical (unpaired) electrons. The van der Waals surface area contributed by atoms with E-state index < -0.39 is 7.14 Å². The summed E-state index contributed by atoms with van der Waals surface area (Å²) in [5.74, 6) is 1.52. The van der Waals surface area contributed by atoms with E-state index >= 15 is 0 Å². The highest BCUT2D eigenvalue weighted by Gasteiger charge is 2.37. The van der Waals surface area contributed by atoms with Gasteiger partial charge in [0.2, 0.25) is 5.95 Å². The van der Waals surface area contributed by atoms with Crippen LogP contribution in [-0.2, 0) is 4.57 Å². The van der Waals surface area contributed by atoms with Gasteiger partial charge in [0.25, 0.3) is 0 Å². The quantitative estimate of drug-likeness (QED) is 0.349. The van der Waals surface area contributed by atoms with Crippen molar-refractivity contribution in [3.05, 3.63) is 52.6 Å². The van der Waals surface area contributed by atoms with E-state index in [9.17, 15) is 4.57 Å². The zero-order chi connectivity index (χ0) is 28.7. The van der Waals surface area contributed by atoms with Crippen molar-refractivity contribution >= 4 is 64.5 Å². The summed E-state index contributed by atoms with van der Waals surface area (Å²) in [6.07, 6.45) is 3.99. The molecule has 3 aliphatic heterocycles. The van der Waals surface area contributed by atoms with Crippen LogP contribution in [0, 0.1) is 0 Å². The Morgan fingerprint density at radius 2 is 1.78 bits per heavy atom. The SMILES string of the molecule is CN1CCC(N2CCN3c4c(Cl)cc(Nc5ncc(Cl)c(Nc6ccccc6P(C)(C)=O)n5)cc4OC[C@H]3C2)CC1. The summed E-state index contributed by atoms with van der Waals surface area (Å²) >= 11 is 13.3. The van der Waals surface area contributed by atoms with Gasteiger partial charge in [-0.1, -0.05) is 35.3 Å². The molecule has 0 amide bonds. The van der Waals surface area contributed by atoms with Crippen molar-refractivity contribution in [3.63, 3.8) is 0 Å². The fourth-order valence-electron chi connectivity index (χ4n) is 6.05. The number of fused-ring (bicyclic) bond motifs is 3. The Kier molecular flexibility index (Phi) is 8.09. The normalized spacial score (nSPS) is 20.2. The third kappa shape index (κ3) is 6.15. The second kappa shape index (κ2) is 11.6. The van der Waals surface area contributed by atoms with Crippen LogP contribution in [0.25, 0.3) is 0 Å². The number of halogens is 2. The number of ether oxygens (including phenoxy) is 1. The van der Waals surface area contributed by atoms with E-state index in [1.54, 1.807) is 13.3 Å². The summed E-state index contributed by atoms with van der Waals surface area (Å²) in [6.45, 7) is 9.38.